The lowest BCUT2D eigenvalue weighted by molar-refractivity contribution is 0.242. The van der Waals surface area contributed by atoms with Crippen molar-refractivity contribution in [1.29, 1.82) is 5.26 Å². The summed E-state index contributed by atoms with van der Waals surface area (Å²) in [6.45, 7) is 6.64. The zero-order valence-corrected chi connectivity index (χ0v) is 18.8. The summed E-state index contributed by atoms with van der Waals surface area (Å²) in [5.74, 6) is 0.179. The average molecular weight is 419 g/mol. The molecule has 1 atom stereocenters. The van der Waals surface area contributed by atoms with Crippen molar-refractivity contribution >= 4 is 17.4 Å². The van der Waals surface area contributed by atoms with E-state index in [2.05, 4.69) is 54.4 Å². The number of nitrogens with zero attached hydrogens (tertiary/aromatic N) is 3. The highest BCUT2D eigenvalue weighted by atomic mass is 16.2. The predicted molar refractivity (Wildman–Crippen MR) is 127 cm³/mol. The Kier molecular flexibility index (Phi) is 8.35. The summed E-state index contributed by atoms with van der Waals surface area (Å²) in [7, 11) is 0. The van der Waals surface area contributed by atoms with Crippen molar-refractivity contribution in [2.75, 3.05) is 22.9 Å². The van der Waals surface area contributed by atoms with Gasteiger partial charge in [-0.1, -0.05) is 50.6 Å². The van der Waals surface area contributed by atoms with E-state index in [0.717, 1.165) is 62.1 Å². The lowest BCUT2D eigenvalue weighted by Crippen LogP contribution is -2.46. The molecule has 0 saturated carbocycles. The SMILES string of the molecule is CCCC(CC)N(C(=O)NCc1ccccc1)c1ccc(N2CCC(C#N)CC2)cc1. The summed E-state index contributed by atoms with van der Waals surface area (Å²) in [5.41, 5.74) is 3.19. The monoisotopic (exact) mass is 418 g/mol. The molecule has 1 fully saturated rings. The van der Waals surface area contributed by atoms with Crippen molar-refractivity contribution in [2.45, 2.75) is 58.5 Å². The predicted octanol–water partition coefficient (Wildman–Crippen LogP) is 5.72. The van der Waals surface area contributed by atoms with Crippen LogP contribution in [0.1, 0.15) is 51.5 Å². The number of carbonyl (C=O) groups excluding carboxylic acids is 1. The highest BCUT2D eigenvalue weighted by Crippen LogP contribution is 2.28. The summed E-state index contributed by atoms with van der Waals surface area (Å²) in [4.78, 5) is 17.5. The topological polar surface area (TPSA) is 59.4 Å². The van der Waals surface area contributed by atoms with Gasteiger partial charge in [0, 0.05) is 43.0 Å². The molecule has 0 bridgehead atoms. The third kappa shape index (κ3) is 6.01. The number of amides is 2. The van der Waals surface area contributed by atoms with E-state index in [-0.39, 0.29) is 18.0 Å². The zero-order chi connectivity index (χ0) is 22.1. The van der Waals surface area contributed by atoms with Gasteiger partial charge in [0.1, 0.15) is 0 Å². The van der Waals surface area contributed by atoms with Crippen LogP contribution in [0.4, 0.5) is 16.2 Å². The highest BCUT2D eigenvalue weighted by Gasteiger charge is 2.24. The molecule has 0 radical (unpaired) electrons. The van der Waals surface area contributed by atoms with Crippen molar-refractivity contribution in [1.82, 2.24) is 5.32 Å². The maximum atomic E-state index is 13.2. The quantitative estimate of drug-likeness (QED) is 0.596. The summed E-state index contributed by atoms with van der Waals surface area (Å²) in [5, 5.41) is 12.2. The first-order chi connectivity index (χ1) is 15.2. The fraction of sp³-hybridized carbons (Fsp3) is 0.462. The van der Waals surface area contributed by atoms with Gasteiger partial charge >= 0.3 is 6.03 Å². The number of benzene rings is 2. The molecule has 31 heavy (non-hydrogen) atoms. The number of nitriles is 1. The molecule has 1 saturated heterocycles. The van der Waals surface area contributed by atoms with Crippen LogP contribution in [0, 0.1) is 17.2 Å². The molecule has 1 aliphatic rings. The van der Waals surface area contributed by atoms with Gasteiger partial charge < -0.3 is 10.2 Å². The molecular weight excluding hydrogens is 384 g/mol. The fourth-order valence-electron chi connectivity index (χ4n) is 4.29. The normalized spacial score (nSPS) is 15.2. The molecular formula is C26H34N4O. The standard InChI is InChI=1S/C26H34N4O/c1-3-8-23(4-2)30(26(31)28-20-22-9-6-5-7-10-22)25-13-11-24(12-14-25)29-17-15-21(19-27)16-18-29/h5-7,9-14,21,23H,3-4,8,15-18,20H2,1-2H3,(H,28,31). The van der Waals surface area contributed by atoms with Gasteiger partial charge in [-0.15, -0.1) is 0 Å². The second-order valence-electron chi connectivity index (χ2n) is 8.27. The van der Waals surface area contributed by atoms with Crippen molar-refractivity contribution in [3.63, 3.8) is 0 Å². The number of anilines is 2. The summed E-state index contributed by atoms with van der Waals surface area (Å²) >= 11 is 0. The molecule has 2 aromatic rings. The van der Waals surface area contributed by atoms with Crippen molar-refractivity contribution < 1.29 is 4.79 Å². The van der Waals surface area contributed by atoms with Gasteiger partial charge in [-0.2, -0.15) is 5.26 Å². The van der Waals surface area contributed by atoms with Gasteiger partial charge in [-0.25, -0.2) is 4.79 Å². The third-order valence-corrected chi connectivity index (χ3v) is 6.13. The minimum absolute atomic E-state index is 0.0493. The van der Waals surface area contributed by atoms with E-state index in [1.165, 1.54) is 0 Å². The number of hydrogen-bond acceptors (Lipinski definition) is 3. The molecule has 0 aromatic heterocycles. The molecule has 164 valence electrons. The Hall–Kier alpha value is -3.00. The Morgan fingerprint density at radius 3 is 2.39 bits per heavy atom. The van der Waals surface area contributed by atoms with Gasteiger partial charge in [0.2, 0.25) is 0 Å². The highest BCUT2D eigenvalue weighted by molar-refractivity contribution is 5.92. The molecule has 3 rings (SSSR count). The van der Waals surface area contributed by atoms with Crippen molar-refractivity contribution in [3.05, 3.63) is 60.2 Å². The van der Waals surface area contributed by atoms with Crippen LogP contribution >= 0.6 is 0 Å². The second kappa shape index (κ2) is 11.4. The van der Waals surface area contributed by atoms with Crippen LogP contribution in [0.2, 0.25) is 0 Å². The lowest BCUT2D eigenvalue weighted by Gasteiger charge is -2.33. The zero-order valence-electron chi connectivity index (χ0n) is 18.8. The van der Waals surface area contributed by atoms with Crippen molar-refractivity contribution in [2.24, 2.45) is 5.92 Å². The van der Waals surface area contributed by atoms with Gasteiger partial charge in [-0.3, -0.25) is 4.90 Å². The first-order valence-electron chi connectivity index (χ1n) is 11.5. The molecule has 5 nitrogen and oxygen atoms in total. The van der Waals surface area contributed by atoms with Crippen LogP contribution < -0.4 is 15.1 Å². The van der Waals surface area contributed by atoms with Gasteiger partial charge in [0.25, 0.3) is 0 Å². The maximum Gasteiger partial charge on any atom is 0.322 e. The molecule has 1 N–H and O–H groups in total. The van der Waals surface area contributed by atoms with Crippen LogP contribution in [-0.4, -0.2) is 25.2 Å². The van der Waals surface area contributed by atoms with E-state index < -0.39 is 0 Å². The molecule has 1 aliphatic heterocycles. The summed E-state index contributed by atoms with van der Waals surface area (Å²) in [6, 6.07) is 20.9. The number of hydrogen-bond donors (Lipinski definition) is 1. The number of rotatable bonds is 8. The van der Waals surface area contributed by atoms with E-state index in [1.807, 2.05) is 35.2 Å². The summed E-state index contributed by atoms with van der Waals surface area (Å²) < 4.78 is 0. The first kappa shape index (κ1) is 22.7. The van der Waals surface area contributed by atoms with Crippen LogP contribution in [0.15, 0.2) is 54.6 Å². The largest absolute Gasteiger partial charge is 0.371 e. The fourth-order valence-corrected chi connectivity index (χ4v) is 4.29. The minimum Gasteiger partial charge on any atom is -0.371 e. The third-order valence-electron chi connectivity index (χ3n) is 6.13. The lowest BCUT2D eigenvalue weighted by atomic mass is 9.98. The van der Waals surface area contributed by atoms with Gasteiger partial charge in [0.15, 0.2) is 0 Å². The van der Waals surface area contributed by atoms with Crippen molar-refractivity contribution in [3.8, 4) is 6.07 Å². The van der Waals surface area contributed by atoms with Crippen LogP contribution in [-0.2, 0) is 6.54 Å². The van der Waals surface area contributed by atoms with E-state index in [0.29, 0.717) is 6.54 Å². The number of piperidine rings is 1. The van der Waals surface area contributed by atoms with E-state index in [4.69, 9.17) is 5.26 Å². The molecule has 1 unspecified atom stereocenters. The average Bonchev–Trinajstić information content (AvgIpc) is 2.83. The van der Waals surface area contributed by atoms with Crippen LogP contribution in [0.5, 0.6) is 0 Å². The Bertz CT molecular complexity index is 851. The Labute approximate surface area is 186 Å². The molecule has 2 aromatic carbocycles. The first-order valence-corrected chi connectivity index (χ1v) is 11.5. The molecule has 2 amide bonds. The number of carbonyl (C=O) groups is 1. The Morgan fingerprint density at radius 1 is 1.13 bits per heavy atom. The van der Waals surface area contributed by atoms with Crippen LogP contribution in [0.3, 0.4) is 0 Å². The van der Waals surface area contributed by atoms with E-state index >= 15 is 0 Å². The maximum absolute atomic E-state index is 13.2. The van der Waals surface area contributed by atoms with Gasteiger partial charge in [0.05, 0.1) is 6.07 Å². The molecule has 0 aliphatic carbocycles. The Balaban J connectivity index is 1.74. The van der Waals surface area contributed by atoms with E-state index in [1.54, 1.807) is 0 Å². The Morgan fingerprint density at radius 2 is 1.81 bits per heavy atom. The van der Waals surface area contributed by atoms with E-state index in [9.17, 15) is 4.79 Å². The van der Waals surface area contributed by atoms with Gasteiger partial charge in [-0.05, 0) is 55.5 Å². The minimum atomic E-state index is -0.0493. The summed E-state index contributed by atoms with van der Waals surface area (Å²) in [6.07, 6.45) is 4.75. The second-order valence-corrected chi connectivity index (χ2v) is 8.27. The molecule has 1 heterocycles. The smallest absolute Gasteiger partial charge is 0.322 e. The number of urea groups is 1. The molecule has 5 heteroatoms. The number of nitrogens with one attached hydrogen (secondary N) is 1. The van der Waals surface area contributed by atoms with Crippen LogP contribution in [0.25, 0.3) is 0 Å². The molecule has 0 spiro atoms.